The van der Waals surface area contributed by atoms with Crippen molar-refractivity contribution in [1.29, 1.82) is 0 Å². The molecule has 9 nitrogen and oxygen atoms in total. The Morgan fingerprint density at radius 3 is 2.94 bits per heavy atom. The fourth-order valence-electron chi connectivity index (χ4n) is 4.08. The van der Waals surface area contributed by atoms with E-state index in [2.05, 4.69) is 25.7 Å². The van der Waals surface area contributed by atoms with Crippen molar-refractivity contribution in [3.05, 3.63) is 30.2 Å². The second-order valence-electron chi connectivity index (χ2n) is 7.85. The molecule has 1 saturated heterocycles. The van der Waals surface area contributed by atoms with E-state index in [1.165, 1.54) is 28.8 Å². The zero-order valence-electron chi connectivity index (χ0n) is 20.3. The number of likely N-dealkylation sites (tertiary alicyclic amines) is 1. The molecule has 13 heteroatoms. The van der Waals surface area contributed by atoms with Crippen LogP contribution in [0.4, 0.5) is 23.5 Å². The standard InChI is InChI=1S/C20H20F4N8O/c1-30-9-15(20(23,24)10-30)25-19-26-18(33-2)17-16(12(22)8-32(17)28-19)11-3-4-13-14(7-11)31(6-5-21)29-27-13/h3-4,7-8,15H,5-6,9-10H2,1-2H3,(H,25,28)/i2D3. The summed E-state index contributed by atoms with van der Waals surface area (Å²) in [6.07, 6.45) is 0.962. The fourth-order valence-corrected chi connectivity index (χ4v) is 4.08. The summed E-state index contributed by atoms with van der Waals surface area (Å²) in [5, 5.41) is 14.4. The van der Waals surface area contributed by atoms with Gasteiger partial charge in [0.1, 0.15) is 23.7 Å². The van der Waals surface area contributed by atoms with E-state index in [0.717, 1.165) is 10.7 Å². The molecule has 1 aliphatic heterocycles. The predicted molar refractivity (Wildman–Crippen MR) is 112 cm³/mol. The van der Waals surface area contributed by atoms with Gasteiger partial charge in [0, 0.05) is 6.54 Å². The monoisotopic (exact) mass is 467 g/mol. The van der Waals surface area contributed by atoms with Crippen molar-refractivity contribution < 1.29 is 26.4 Å². The minimum Gasteiger partial charge on any atom is -0.479 e. The molecule has 33 heavy (non-hydrogen) atoms. The number of fused-ring (bicyclic) bond motifs is 2. The van der Waals surface area contributed by atoms with Crippen molar-refractivity contribution in [2.45, 2.75) is 18.5 Å². The summed E-state index contributed by atoms with van der Waals surface area (Å²) in [6.45, 7) is -1.26. The highest BCUT2D eigenvalue weighted by atomic mass is 19.3. The Morgan fingerprint density at radius 2 is 2.21 bits per heavy atom. The molecule has 1 fully saturated rings. The first-order valence-corrected chi connectivity index (χ1v) is 9.95. The molecule has 3 aromatic heterocycles. The van der Waals surface area contributed by atoms with E-state index in [1.54, 1.807) is 6.07 Å². The molecule has 1 unspecified atom stereocenters. The van der Waals surface area contributed by atoms with Gasteiger partial charge in [-0.15, -0.1) is 10.2 Å². The molecular formula is C20H20F4N8O. The summed E-state index contributed by atoms with van der Waals surface area (Å²) in [5.74, 6) is -4.79. The van der Waals surface area contributed by atoms with E-state index in [0.29, 0.717) is 11.0 Å². The number of alkyl halides is 3. The van der Waals surface area contributed by atoms with Gasteiger partial charge in [-0.25, -0.2) is 26.8 Å². The summed E-state index contributed by atoms with van der Waals surface area (Å²) in [7, 11) is -1.45. The number of likely N-dealkylation sites (N-methyl/N-ethyl adjacent to an activating group) is 1. The molecule has 0 bridgehead atoms. The van der Waals surface area contributed by atoms with Gasteiger partial charge in [-0.05, 0) is 24.7 Å². The lowest BCUT2D eigenvalue weighted by Crippen LogP contribution is -2.38. The first-order valence-electron chi connectivity index (χ1n) is 11.5. The number of aryl methyl sites for hydroxylation is 1. The molecule has 0 amide bonds. The number of nitrogens with zero attached hydrogens (tertiary/aromatic N) is 7. The Morgan fingerprint density at radius 1 is 1.36 bits per heavy atom. The zero-order chi connectivity index (χ0) is 25.8. The maximum atomic E-state index is 15.3. The SMILES string of the molecule is [2H]C([2H])([2H])Oc1nc(NC2CN(C)CC2(F)F)nn2cc(F)c(-c3ccc4nnn(CCF)c4c3)c12. The van der Waals surface area contributed by atoms with Gasteiger partial charge in [0.2, 0.25) is 11.8 Å². The lowest BCUT2D eigenvalue weighted by molar-refractivity contribution is 0.00583. The number of hydrogen-bond donors (Lipinski definition) is 1. The van der Waals surface area contributed by atoms with Gasteiger partial charge in [0.15, 0.2) is 5.82 Å². The van der Waals surface area contributed by atoms with Gasteiger partial charge >= 0.3 is 0 Å². The molecule has 174 valence electrons. The first-order chi connectivity index (χ1) is 16.9. The maximum absolute atomic E-state index is 15.3. The normalized spacial score (nSPS) is 20.2. The summed E-state index contributed by atoms with van der Waals surface area (Å²) >= 11 is 0. The van der Waals surface area contributed by atoms with E-state index in [4.69, 9.17) is 8.85 Å². The van der Waals surface area contributed by atoms with Crippen molar-refractivity contribution >= 4 is 22.5 Å². The number of hydrogen-bond acceptors (Lipinski definition) is 7. The molecule has 0 radical (unpaired) electrons. The van der Waals surface area contributed by atoms with E-state index >= 15 is 4.39 Å². The number of benzene rings is 1. The van der Waals surface area contributed by atoms with Crippen LogP contribution in [0.3, 0.4) is 0 Å². The zero-order valence-corrected chi connectivity index (χ0v) is 17.3. The van der Waals surface area contributed by atoms with Crippen LogP contribution in [0.5, 0.6) is 5.88 Å². The van der Waals surface area contributed by atoms with Crippen molar-refractivity contribution in [2.75, 3.05) is 39.2 Å². The van der Waals surface area contributed by atoms with Crippen molar-refractivity contribution in [2.24, 2.45) is 0 Å². The average Bonchev–Trinajstić information content (AvgIpc) is 3.39. The first kappa shape index (κ1) is 18.0. The van der Waals surface area contributed by atoms with Gasteiger partial charge in [-0.3, -0.25) is 4.90 Å². The van der Waals surface area contributed by atoms with E-state index in [1.807, 2.05) is 0 Å². The van der Waals surface area contributed by atoms with Crippen molar-refractivity contribution in [3.8, 4) is 17.0 Å². The van der Waals surface area contributed by atoms with Crippen LogP contribution in [-0.2, 0) is 6.54 Å². The Bertz CT molecular complexity index is 1440. The summed E-state index contributed by atoms with van der Waals surface area (Å²) in [4.78, 5) is 5.43. The highest BCUT2D eigenvalue weighted by Gasteiger charge is 2.47. The van der Waals surface area contributed by atoms with Crippen LogP contribution in [0.1, 0.15) is 4.11 Å². The van der Waals surface area contributed by atoms with Crippen molar-refractivity contribution in [1.82, 2.24) is 34.5 Å². The Kier molecular flexibility index (Phi) is 4.27. The molecule has 1 aliphatic rings. The van der Waals surface area contributed by atoms with Crippen LogP contribution >= 0.6 is 0 Å². The lowest BCUT2D eigenvalue weighted by atomic mass is 10.1. The Labute approximate surface area is 189 Å². The molecule has 5 rings (SSSR count). The Hall–Kier alpha value is -3.48. The van der Waals surface area contributed by atoms with Gasteiger partial charge in [0.05, 0.1) is 41.5 Å². The van der Waals surface area contributed by atoms with Crippen LogP contribution in [0, 0.1) is 5.82 Å². The smallest absolute Gasteiger partial charge is 0.281 e. The van der Waals surface area contributed by atoms with Crippen LogP contribution in [-0.4, -0.2) is 80.3 Å². The van der Waals surface area contributed by atoms with E-state index < -0.39 is 43.9 Å². The predicted octanol–water partition coefficient (Wildman–Crippen LogP) is 2.62. The van der Waals surface area contributed by atoms with Gasteiger partial charge in [-0.1, -0.05) is 11.3 Å². The topological polar surface area (TPSA) is 85.4 Å². The second kappa shape index (κ2) is 7.83. The number of anilines is 1. The summed E-state index contributed by atoms with van der Waals surface area (Å²) in [5.41, 5.74) is 0.915. The molecular weight excluding hydrogens is 444 g/mol. The van der Waals surface area contributed by atoms with Crippen LogP contribution in [0.2, 0.25) is 0 Å². The minimum absolute atomic E-state index is 0.0181. The minimum atomic E-state index is -3.10. The number of aromatic nitrogens is 6. The largest absolute Gasteiger partial charge is 0.479 e. The van der Waals surface area contributed by atoms with Gasteiger partial charge < -0.3 is 10.1 Å². The van der Waals surface area contributed by atoms with E-state index in [-0.39, 0.29) is 35.7 Å². The number of nitrogens with one attached hydrogen (secondary N) is 1. The van der Waals surface area contributed by atoms with Gasteiger partial charge in [-0.2, -0.15) is 4.98 Å². The summed E-state index contributed by atoms with van der Waals surface area (Å²) < 4.78 is 86.7. The second-order valence-corrected chi connectivity index (χ2v) is 7.85. The number of ether oxygens (including phenoxy) is 1. The number of methoxy groups -OCH3 is 1. The highest BCUT2D eigenvalue weighted by molar-refractivity contribution is 5.89. The quantitative estimate of drug-likeness (QED) is 0.437. The molecule has 4 heterocycles. The third-order valence-electron chi connectivity index (χ3n) is 5.54. The van der Waals surface area contributed by atoms with Crippen molar-refractivity contribution in [3.63, 3.8) is 0 Å². The maximum Gasteiger partial charge on any atom is 0.281 e. The third kappa shape index (κ3) is 3.61. The number of halogens is 4. The Balaban J connectivity index is 1.64. The highest BCUT2D eigenvalue weighted by Crippen LogP contribution is 2.36. The van der Waals surface area contributed by atoms with Crippen LogP contribution in [0.25, 0.3) is 27.7 Å². The third-order valence-corrected chi connectivity index (χ3v) is 5.54. The molecule has 0 aliphatic carbocycles. The summed E-state index contributed by atoms with van der Waals surface area (Å²) in [6, 6.07) is 3.24. The molecule has 4 aromatic rings. The molecule has 1 aromatic carbocycles. The lowest BCUT2D eigenvalue weighted by Gasteiger charge is -2.19. The fraction of sp³-hybridized carbons (Fsp3) is 0.400. The van der Waals surface area contributed by atoms with Crippen LogP contribution in [0.15, 0.2) is 24.4 Å². The number of rotatable bonds is 6. The van der Waals surface area contributed by atoms with Gasteiger partial charge in [0.25, 0.3) is 5.92 Å². The van der Waals surface area contributed by atoms with E-state index in [9.17, 15) is 13.2 Å². The molecule has 0 spiro atoms. The molecule has 1 atom stereocenters. The molecule has 0 saturated carbocycles. The molecule has 1 N–H and O–H groups in total. The van der Waals surface area contributed by atoms with Crippen LogP contribution < -0.4 is 10.1 Å². The average molecular weight is 467 g/mol.